The summed E-state index contributed by atoms with van der Waals surface area (Å²) in [7, 11) is -4.29. The average molecular weight is 755 g/mol. The number of anilines is 2. The molecule has 0 saturated carbocycles. The summed E-state index contributed by atoms with van der Waals surface area (Å²) in [5.41, 5.74) is 0.725. The van der Waals surface area contributed by atoms with Crippen LogP contribution >= 0.6 is 0 Å². The summed E-state index contributed by atoms with van der Waals surface area (Å²) < 4.78 is 38.8. The largest absolute Gasteiger partial charge is 0.508 e. The monoisotopic (exact) mass is 754 g/mol. The number of carbonyl (C=O) groups is 1. The molecular formula is C37H54N4O9Si2. The highest BCUT2D eigenvalue weighted by atomic mass is 28.4. The van der Waals surface area contributed by atoms with Crippen molar-refractivity contribution in [3.63, 3.8) is 0 Å². The Morgan fingerprint density at radius 2 is 1.73 bits per heavy atom. The SMILES string of the molecule is CC(C)(C)[Si](C)(C)OC[C@H]1O[C@@H](n2cc3c(nc2=O)Nc2c(OCCNC(=O)OCc4ccccc4)cc(O)cc2O3)C[C@@H]1O[Si](C)(C)C(C)(C)C. The molecule has 2 aromatic carbocycles. The van der Waals surface area contributed by atoms with Gasteiger partial charge >= 0.3 is 11.8 Å². The summed E-state index contributed by atoms with van der Waals surface area (Å²) in [5, 5.41) is 16.3. The smallest absolute Gasteiger partial charge is 0.407 e. The third kappa shape index (κ3) is 9.18. The first kappa shape index (κ1) is 39.3. The Kier molecular flexibility index (Phi) is 11.5. The number of rotatable bonds is 12. The number of nitrogens with one attached hydrogen (secondary N) is 2. The highest BCUT2D eigenvalue weighted by Crippen LogP contribution is 2.48. The maximum absolute atomic E-state index is 13.6. The van der Waals surface area contributed by atoms with Gasteiger partial charge in [-0.05, 0) is 41.8 Å². The first-order valence-electron chi connectivity index (χ1n) is 17.7. The number of ether oxygens (including phenoxy) is 4. The summed E-state index contributed by atoms with van der Waals surface area (Å²) in [6.45, 7) is 22.7. The number of carbonyl (C=O) groups excluding carboxylic acids is 1. The van der Waals surface area contributed by atoms with Crippen LogP contribution in [0.3, 0.4) is 0 Å². The van der Waals surface area contributed by atoms with Gasteiger partial charge < -0.3 is 43.5 Å². The third-order valence-electron chi connectivity index (χ3n) is 10.4. The van der Waals surface area contributed by atoms with E-state index in [1.165, 1.54) is 16.7 Å². The Morgan fingerprint density at radius 1 is 1.04 bits per heavy atom. The molecule has 284 valence electrons. The van der Waals surface area contributed by atoms with Crippen LogP contribution in [0.5, 0.6) is 23.0 Å². The molecular weight excluding hydrogens is 701 g/mol. The van der Waals surface area contributed by atoms with Crippen molar-refractivity contribution in [3.05, 3.63) is 64.7 Å². The summed E-state index contributed by atoms with van der Waals surface area (Å²) in [4.78, 5) is 30.0. The Hall–Kier alpha value is -3.90. The number of phenols is 1. The van der Waals surface area contributed by atoms with E-state index in [-0.39, 0.29) is 70.9 Å². The minimum absolute atomic E-state index is 0.0215. The quantitative estimate of drug-likeness (QED) is 0.0738. The van der Waals surface area contributed by atoms with E-state index >= 15 is 0 Å². The molecule has 3 aromatic rings. The van der Waals surface area contributed by atoms with Crippen LogP contribution in [-0.4, -0.2) is 69.4 Å². The molecule has 3 heterocycles. The van der Waals surface area contributed by atoms with Crippen LogP contribution in [0, 0.1) is 0 Å². The Bertz CT molecular complexity index is 1790. The van der Waals surface area contributed by atoms with Gasteiger partial charge in [-0.25, -0.2) is 9.59 Å². The van der Waals surface area contributed by atoms with Gasteiger partial charge in [0, 0.05) is 18.6 Å². The molecule has 2 aliphatic rings. The van der Waals surface area contributed by atoms with E-state index < -0.39 is 34.6 Å². The fourth-order valence-corrected chi connectivity index (χ4v) is 7.62. The third-order valence-corrected chi connectivity index (χ3v) is 19.4. The molecule has 0 spiro atoms. The molecule has 0 bridgehead atoms. The van der Waals surface area contributed by atoms with Crippen LogP contribution in [0.25, 0.3) is 0 Å². The lowest BCUT2D eigenvalue weighted by Gasteiger charge is -2.40. The van der Waals surface area contributed by atoms with Gasteiger partial charge in [-0.2, -0.15) is 4.98 Å². The number of hydrogen-bond acceptors (Lipinski definition) is 11. The number of nitrogens with zero attached hydrogens (tertiary/aromatic N) is 2. The standard InChI is InChI=1S/C37H54N4O9Si2/c1-36(2,3)51(7,8)47-23-30-26(50-52(9,10)37(4,5)6)20-31(49-30)41-21-29-33(40-34(41)43)39-32-27(18-25(42)19-28(32)48-29)45-17-16-38-35(44)46-22-24-14-12-11-13-15-24/h11-15,18-19,21,26,30-31,42H,16-17,20,22-23H2,1-10H3,(H,38,44)(H,39,40,43)/t26-,30+,31+/m0/s1. The predicted octanol–water partition coefficient (Wildman–Crippen LogP) is 7.80. The molecule has 2 aliphatic heterocycles. The summed E-state index contributed by atoms with van der Waals surface area (Å²) in [5.74, 6) is 0.900. The van der Waals surface area contributed by atoms with Gasteiger partial charge in [-0.15, -0.1) is 0 Å². The predicted molar refractivity (Wildman–Crippen MR) is 204 cm³/mol. The van der Waals surface area contributed by atoms with E-state index in [4.69, 9.17) is 27.8 Å². The molecule has 0 aliphatic carbocycles. The minimum atomic E-state index is -2.20. The van der Waals surface area contributed by atoms with E-state index in [2.05, 4.69) is 83.3 Å². The topological polar surface area (TPSA) is 152 Å². The molecule has 0 radical (unpaired) electrons. The number of alkyl carbamates (subject to hydrolysis) is 1. The average Bonchev–Trinajstić information content (AvgIpc) is 3.44. The van der Waals surface area contributed by atoms with Crippen molar-refractivity contribution in [2.45, 2.75) is 109 Å². The number of benzene rings is 2. The maximum atomic E-state index is 13.6. The van der Waals surface area contributed by atoms with Crippen LogP contribution < -0.4 is 25.8 Å². The number of phenolic OH excluding ortho intramolecular Hbond substituents is 1. The molecule has 0 unspecified atom stereocenters. The lowest BCUT2D eigenvalue weighted by molar-refractivity contribution is -0.0413. The van der Waals surface area contributed by atoms with Crippen molar-refractivity contribution >= 4 is 34.2 Å². The Labute approximate surface area is 308 Å². The van der Waals surface area contributed by atoms with E-state index in [9.17, 15) is 14.7 Å². The van der Waals surface area contributed by atoms with Crippen LogP contribution in [0.4, 0.5) is 16.3 Å². The minimum Gasteiger partial charge on any atom is -0.508 e. The van der Waals surface area contributed by atoms with Gasteiger partial charge in [0.15, 0.2) is 34.0 Å². The molecule has 1 fully saturated rings. The van der Waals surface area contributed by atoms with Gasteiger partial charge in [0.05, 0.1) is 25.5 Å². The molecule has 15 heteroatoms. The zero-order valence-corrected chi connectivity index (χ0v) is 34.0. The fraction of sp³-hybridized carbons (Fsp3) is 0.541. The van der Waals surface area contributed by atoms with Gasteiger partial charge in [0.2, 0.25) is 0 Å². The highest BCUT2D eigenvalue weighted by Gasteiger charge is 2.47. The van der Waals surface area contributed by atoms with Crippen molar-refractivity contribution < 1.29 is 37.7 Å². The van der Waals surface area contributed by atoms with Crippen molar-refractivity contribution in [1.29, 1.82) is 0 Å². The molecule has 1 aromatic heterocycles. The first-order chi connectivity index (χ1) is 24.2. The molecule has 52 heavy (non-hydrogen) atoms. The fourth-order valence-electron chi connectivity index (χ4n) is 5.25. The molecule has 5 rings (SSSR count). The van der Waals surface area contributed by atoms with Crippen molar-refractivity contribution in [2.75, 3.05) is 25.1 Å². The lowest BCUT2D eigenvalue weighted by atomic mass is 10.2. The highest BCUT2D eigenvalue weighted by molar-refractivity contribution is 6.74. The van der Waals surface area contributed by atoms with Crippen LogP contribution in [0.15, 0.2) is 53.5 Å². The maximum Gasteiger partial charge on any atom is 0.407 e. The van der Waals surface area contributed by atoms with Crippen LogP contribution in [0.2, 0.25) is 36.3 Å². The number of amides is 1. The van der Waals surface area contributed by atoms with E-state index in [0.29, 0.717) is 18.7 Å². The number of aromatic nitrogens is 2. The van der Waals surface area contributed by atoms with Crippen molar-refractivity contribution in [1.82, 2.24) is 14.9 Å². The van der Waals surface area contributed by atoms with Gasteiger partial charge in [-0.1, -0.05) is 71.9 Å². The second-order valence-electron chi connectivity index (χ2n) is 16.4. The molecule has 3 N–H and O–H groups in total. The molecule has 3 atom stereocenters. The number of fused-ring (bicyclic) bond motifs is 2. The summed E-state index contributed by atoms with van der Waals surface area (Å²) in [6.07, 6.45) is 0.104. The van der Waals surface area contributed by atoms with Gasteiger partial charge in [0.25, 0.3) is 0 Å². The second kappa shape index (κ2) is 15.2. The summed E-state index contributed by atoms with van der Waals surface area (Å²) in [6, 6.07) is 12.2. The number of hydrogen-bond donors (Lipinski definition) is 3. The normalized spacial score (nSPS) is 18.8. The van der Waals surface area contributed by atoms with Crippen LogP contribution in [0.1, 0.15) is 59.8 Å². The molecule has 1 amide bonds. The van der Waals surface area contributed by atoms with Crippen LogP contribution in [-0.2, 0) is 24.9 Å². The first-order valence-corrected chi connectivity index (χ1v) is 23.6. The Balaban J connectivity index is 1.28. The zero-order chi connectivity index (χ0) is 38.1. The Morgan fingerprint density at radius 3 is 2.40 bits per heavy atom. The van der Waals surface area contributed by atoms with E-state index in [0.717, 1.165) is 5.56 Å². The summed E-state index contributed by atoms with van der Waals surface area (Å²) >= 11 is 0. The van der Waals surface area contributed by atoms with Crippen molar-refractivity contribution in [2.24, 2.45) is 0 Å². The van der Waals surface area contributed by atoms with Gasteiger partial charge in [0.1, 0.15) is 42.7 Å². The van der Waals surface area contributed by atoms with E-state index in [1.54, 1.807) is 6.20 Å². The second-order valence-corrected chi connectivity index (χ2v) is 25.9. The lowest BCUT2D eigenvalue weighted by Crippen LogP contribution is -2.48. The molecule has 1 saturated heterocycles. The zero-order valence-electron chi connectivity index (χ0n) is 32.0. The van der Waals surface area contributed by atoms with E-state index in [1.807, 2.05) is 30.3 Å². The number of aromatic hydroxyl groups is 1. The van der Waals surface area contributed by atoms with Gasteiger partial charge in [-0.3, -0.25) is 4.57 Å². The molecule has 13 nitrogen and oxygen atoms in total. The van der Waals surface area contributed by atoms with Crippen molar-refractivity contribution in [3.8, 4) is 23.0 Å².